The highest BCUT2D eigenvalue weighted by molar-refractivity contribution is 5.02. The molecule has 0 radical (unpaired) electrons. The monoisotopic (exact) mass is 245 g/mol. The molecule has 17 heavy (non-hydrogen) atoms. The zero-order chi connectivity index (χ0) is 15.1. The van der Waals surface area contributed by atoms with Crippen LogP contribution in [0, 0.1) is 6.85 Å². The van der Waals surface area contributed by atoms with E-state index in [1.807, 2.05) is 4.98 Å². The molecule has 0 saturated carbocycles. The molecule has 7 heteroatoms. The molecule has 1 aliphatic rings. The zero-order valence-electron chi connectivity index (χ0n) is 11.8. The van der Waals surface area contributed by atoms with Crippen LogP contribution in [0.25, 0.3) is 0 Å². The number of rotatable bonds is 2. The Morgan fingerprint density at radius 2 is 2.47 bits per heavy atom. The molecule has 0 aromatic carbocycles. The molecule has 2 rings (SSSR count). The summed E-state index contributed by atoms with van der Waals surface area (Å²) >= 11 is 0. The van der Waals surface area contributed by atoms with Gasteiger partial charge in [0.05, 0.1) is 12.7 Å². The lowest BCUT2D eigenvalue weighted by Gasteiger charge is -2.14. The van der Waals surface area contributed by atoms with E-state index in [1.165, 1.54) is 0 Å². The van der Waals surface area contributed by atoms with Crippen molar-refractivity contribution in [3.05, 3.63) is 32.6 Å². The molecule has 3 atom stereocenters. The van der Waals surface area contributed by atoms with Crippen LogP contribution in [0.1, 0.15) is 22.3 Å². The molecule has 1 fully saturated rings. The fourth-order valence-corrected chi connectivity index (χ4v) is 1.75. The molecule has 0 spiro atoms. The molecule has 0 unspecified atom stereocenters. The van der Waals surface area contributed by atoms with Crippen LogP contribution in [-0.4, -0.2) is 38.6 Å². The van der Waals surface area contributed by atoms with Crippen molar-refractivity contribution in [3.8, 4) is 0 Å². The average molecular weight is 245 g/mol. The smallest absolute Gasteiger partial charge is 0.330 e. The van der Waals surface area contributed by atoms with Gasteiger partial charge in [0.2, 0.25) is 0 Å². The number of aromatic nitrogens is 2. The highest BCUT2D eigenvalue weighted by atomic mass is 16.5. The van der Waals surface area contributed by atoms with Crippen molar-refractivity contribution in [2.45, 2.75) is 31.7 Å². The molecule has 0 amide bonds. The maximum atomic E-state index is 11.7. The van der Waals surface area contributed by atoms with Gasteiger partial charge in [0.25, 0.3) is 5.56 Å². The second kappa shape index (κ2) is 4.44. The first-order valence-corrected chi connectivity index (χ1v) is 5.04. The largest absolute Gasteiger partial charge is 0.394 e. The van der Waals surface area contributed by atoms with Crippen LogP contribution in [0.5, 0.6) is 0 Å². The van der Waals surface area contributed by atoms with Gasteiger partial charge in [-0.1, -0.05) is 0 Å². The maximum Gasteiger partial charge on any atom is 0.330 e. The topological polar surface area (TPSA) is 105 Å². The third-order valence-corrected chi connectivity index (χ3v) is 2.66. The lowest BCUT2D eigenvalue weighted by molar-refractivity contribution is -0.0459. The van der Waals surface area contributed by atoms with Crippen molar-refractivity contribution < 1.29 is 19.1 Å². The number of aliphatic hydroxyl groups is 2. The third kappa shape index (κ3) is 2.17. The normalized spacial score (nSPS) is 31.9. The Morgan fingerprint density at radius 3 is 3.06 bits per heavy atom. The summed E-state index contributed by atoms with van der Waals surface area (Å²) < 4.78 is 27.9. The number of hydrogen-bond donors (Lipinski definition) is 3. The first-order chi connectivity index (χ1) is 9.24. The fourth-order valence-electron chi connectivity index (χ4n) is 1.75. The first kappa shape index (κ1) is 8.62. The van der Waals surface area contributed by atoms with Gasteiger partial charge in [-0.3, -0.25) is 14.3 Å². The second-order valence-corrected chi connectivity index (χ2v) is 3.82. The number of ether oxygens (including phenoxy) is 1. The predicted molar refractivity (Wildman–Crippen MR) is 57.7 cm³/mol. The first-order valence-electron chi connectivity index (χ1n) is 6.54. The Balaban J connectivity index is 2.43. The van der Waals surface area contributed by atoms with E-state index in [0.29, 0.717) is 0 Å². The minimum absolute atomic E-state index is 0.0115. The van der Waals surface area contributed by atoms with E-state index < -0.39 is 48.7 Å². The lowest BCUT2D eigenvalue weighted by Crippen LogP contribution is -2.33. The van der Waals surface area contributed by atoms with E-state index in [1.54, 1.807) is 0 Å². The highest BCUT2D eigenvalue weighted by Gasteiger charge is 2.34. The Morgan fingerprint density at radius 1 is 1.71 bits per heavy atom. The summed E-state index contributed by atoms with van der Waals surface area (Å²) in [5.74, 6) is 0. The van der Waals surface area contributed by atoms with Crippen molar-refractivity contribution in [2.24, 2.45) is 0 Å². The van der Waals surface area contributed by atoms with Gasteiger partial charge in [-0.05, 0) is 6.85 Å². The van der Waals surface area contributed by atoms with E-state index in [0.717, 1.165) is 10.8 Å². The quantitative estimate of drug-likeness (QED) is 0.587. The van der Waals surface area contributed by atoms with Crippen molar-refractivity contribution in [1.82, 2.24) is 9.55 Å². The molecule has 0 bridgehead atoms. The molecule has 94 valence electrons. The van der Waals surface area contributed by atoms with E-state index in [9.17, 15) is 14.7 Å². The number of nitrogens with zero attached hydrogens (tertiary/aromatic N) is 1. The van der Waals surface area contributed by atoms with Crippen LogP contribution >= 0.6 is 0 Å². The van der Waals surface area contributed by atoms with Crippen molar-refractivity contribution in [3.63, 3.8) is 0 Å². The van der Waals surface area contributed by atoms with Crippen molar-refractivity contribution >= 4 is 0 Å². The average Bonchev–Trinajstić information content (AvgIpc) is 2.68. The third-order valence-electron chi connectivity index (χ3n) is 2.66. The van der Waals surface area contributed by atoms with Gasteiger partial charge < -0.3 is 14.9 Å². The predicted octanol–water partition coefficient (Wildman–Crippen LogP) is -1.51. The van der Waals surface area contributed by atoms with Crippen LogP contribution in [0.2, 0.25) is 0 Å². The van der Waals surface area contributed by atoms with Crippen LogP contribution in [-0.2, 0) is 4.74 Å². The molecule has 1 saturated heterocycles. The van der Waals surface area contributed by atoms with Gasteiger partial charge >= 0.3 is 5.69 Å². The van der Waals surface area contributed by atoms with Crippen LogP contribution in [0.4, 0.5) is 0 Å². The molecule has 2 heterocycles. The number of aliphatic hydroxyl groups excluding tert-OH is 2. The minimum Gasteiger partial charge on any atom is -0.394 e. The summed E-state index contributed by atoms with van der Waals surface area (Å²) in [6, 6.07) is 0. The fraction of sp³-hybridized carbons (Fsp3) is 0.600. The van der Waals surface area contributed by atoms with Gasteiger partial charge in [0.1, 0.15) is 12.3 Å². The van der Waals surface area contributed by atoms with Crippen molar-refractivity contribution in [2.75, 3.05) is 6.61 Å². The van der Waals surface area contributed by atoms with Crippen LogP contribution in [0.15, 0.2) is 15.8 Å². The molecule has 0 aliphatic carbocycles. The molecule has 1 aliphatic heterocycles. The number of hydrogen-bond acceptors (Lipinski definition) is 5. The van der Waals surface area contributed by atoms with Crippen LogP contribution < -0.4 is 11.2 Å². The number of aryl methyl sites for hydroxylation is 1. The molecule has 7 nitrogen and oxygen atoms in total. The molecule has 3 N–H and O–H groups in total. The van der Waals surface area contributed by atoms with Gasteiger partial charge in [-0.25, -0.2) is 4.79 Å². The summed E-state index contributed by atoms with van der Waals surface area (Å²) in [6.45, 7) is -3.10. The Hall–Kier alpha value is -1.44. The summed E-state index contributed by atoms with van der Waals surface area (Å²) in [4.78, 5) is 25.1. The SMILES string of the molecule is [2H]C([2H])([2H])c1cn([C@@H]2C[C@H](O)[C@H](CO)O2)c(=O)[nH]c1=O. The van der Waals surface area contributed by atoms with Gasteiger partial charge in [0.15, 0.2) is 0 Å². The number of nitrogens with one attached hydrogen (secondary N) is 1. The molecule has 1 aromatic rings. The summed E-state index contributed by atoms with van der Waals surface area (Å²) in [5.41, 5.74) is -2.36. The van der Waals surface area contributed by atoms with Gasteiger partial charge in [0, 0.05) is 22.3 Å². The van der Waals surface area contributed by atoms with E-state index >= 15 is 0 Å². The zero-order valence-corrected chi connectivity index (χ0v) is 8.79. The Bertz CT molecular complexity index is 608. The highest BCUT2D eigenvalue weighted by Crippen LogP contribution is 2.27. The summed E-state index contributed by atoms with van der Waals surface area (Å²) in [7, 11) is 0. The summed E-state index contributed by atoms with van der Waals surface area (Å²) in [6.07, 6.45) is -1.84. The molecular weight excluding hydrogens is 228 g/mol. The number of aromatic amines is 1. The van der Waals surface area contributed by atoms with Crippen molar-refractivity contribution in [1.29, 1.82) is 0 Å². The second-order valence-electron chi connectivity index (χ2n) is 3.82. The molecule has 1 aromatic heterocycles. The standard InChI is InChI=1S/C10H14N2O5/c1-5-3-12(10(16)11-9(5)15)8-2-6(14)7(4-13)17-8/h3,6-8,13-14H,2,4H2,1H3,(H,11,15,16)/t6-,7-,8-/m0/s1/i1D3. The molecular formula is C10H14N2O5. The van der Waals surface area contributed by atoms with Gasteiger partial charge in [-0.15, -0.1) is 0 Å². The van der Waals surface area contributed by atoms with E-state index in [2.05, 4.69) is 0 Å². The maximum absolute atomic E-state index is 11.7. The Labute approximate surface area is 101 Å². The van der Waals surface area contributed by atoms with Gasteiger partial charge in [-0.2, -0.15) is 0 Å². The lowest BCUT2D eigenvalue weighted by atomic mass is 10.2. The summed E-state index contributed by atoms with van der Waals surface area (Å²) in [5, 5.41) is 18.6. The van der Waals surface area contributed by atoms with E-state index in [-0.39, 0.29) is 6.42 Å². The number of H-pyrrole nitrogens is 1. The minimum atomic E-state index is -2.67. The van der Waals surface area contributed by atoms with E-state index in [4.69, 9.17) is 14.0 Å². The Kier molecular flexibility index (Phi) is 2.25. The van der Waals surface area contributed by atoms with Crippen LogP contribution in [0.3, 0.4) is 0 Å².